The predicted molar refractivity (Wildman–Crippen MR) is 88.5 cm³/mol. The van der Waals surface area contributed by atoms with Crippen LogP contribution in [0.5, 0.6) is 5.75 Å². The maximum absolute atomic E-state index is 11.9. The number of amides is 2. The summed E-state index contributed by atoms with van der Waals surface area (Å²) in [6.45, 7) is 0. The zero-order chi connectivity index (χ0) is 16.3. The standard InChI is InChI=1S/C16H22N2O4S/c19-16(18-13-9-10-23(20,21)11-13)17-12-5-7-15(8-6-12)22-14-3-1-2-4-14/h5-8,13-14H,1-4,9-11H2,(H2,17,18,19). The summed E-state index contributed by atoms with van der Waals surface area (Å²) in [6.07, 6.45) is 5.44. The summed E-state index contributed by atoms with van der Waals surface area (Å²) < 4.78 is 28.6. The first-order valence-electron chi connectivity index (χ1n) is 8.05. The molecule has 0 spiro atoms. The Kier molecular flexibility index (Phi) is 4.75. The van der Waals surface area contributed by atoms with E-state index in [0.29, 0.717) is 18.2 Å². The Morgan fingerprint density at radius 2 is 1.78 bits per heavy atom. The van der Waals surface area contributed by atoms with Crippen LogP contribution >= 0.6 is 0 Å². The molecule has 1 unspecified atom stereocenters. The number of hydrogen-bond donors (Lipinski definition) is 2. The number of sulfone groups is 1. The van der Waals surface area contributed by atoms with Gasteiger partial charge in [0.2, 0.25) is 0 Å². The minimum atomic E-state index is -2.99. The molecule has 1 aliphatic heterocycles. The van der Waals surface area contributed by atoms with Gasteiger partial charge in [-0.2, -0.15) is 0 Å². The molecule has 0 bridgehead atoms. The third-order valence-electron chi connectivity index (χ3n) is 4.28. The highest BCUT2D eigenvalue weighted by atomic mass is 32.2. The van der Waals surface area contributed by atoms with E-state index in [1.807, 2.05) is 12.1 Å². The van der Waals surface area contributed by atoms with Gasteiger partial charge < -0.3 is 15.4 Å². The Balaban J connectivity index is 1.48. The van der Waals surface area contributed by atoms with E-state index < -0.39 is 9.84 Å². The van der Waals surface area contributed by atoms with Crippen LogP contribution in [0.1, 0.15) is 32.1 Å². The third-order valence-corrected chi connectivity index (χ3v) is 6.05. The molecule has 0 aromatic heterocycles. The van der Waals surface area contributed by atoms with Gasteiger partial charge in [-0.3, -0.25) is 0 Å². The normalized spacial score (nSPS) is 23.6. The number of urea groups is 1. The second-order valence-electron chi connectivity index (χ2n) is 6.25. The Bertz CT molecular complexity index is 651. The van der Waals surface area contributed by atoms with Crippen molar-refractivity contribution < 1.29 is 17.9 Å². The molecule has 3 rings (SSSR count). The highest BCUT2D eigenvalue weighted by Gasteiger charge is 2.28. The Labute approximate surface area is 136 Å². The summed E-state index contributed by atoms with van der Waals surface area (Å²) in [5, 5.41) is 5.41. The van der Waals surface area contributed by atoms with Gasteiger partial charge >= 0.3 is 6.03 Å². The summed E-state index contributed by atoms with van der Waals surface area (Å²) in [6, 6.07) is 6.58. The molecule has 7 heteroatoms. The van der Waals surface area contributed by atoms with E-state index in [2.05, 4.69) is 10.6 Å². The monoisotopic (exact) mass is 338 g/mol. The fourth-order valence-corrected chi connectivity index (χ4v) is 4.75. The van der Waals surface area contributed by atoms with Gasteiger partial charge in [0.15, 0.2) is 9.84 Å². The molecule has 2 N–H and O–H groups in total. The molecule has 126 valence electrons. The molecular formula is C16H22N2O4S. The summed E-state index contributed by atoms with van der Waals surface area (Å²) in [5.74, 6) is 0.976. The predicted octanol–water partition coefficient (Wildman–Crippen LogP) is 2.32. The Morgan fingerprint density at radius 3 is 2.39 bits per heavy atom. The van der Waals surface area contributed by atoms with Crippen molar-refractivity contribution in [3.8, 4) is 5.75 Å². The SMILES string of the molecule is O=C(Nc1ccc(OC2CCCC2)cc1)NC1CCS(=O)(=O)C1. The van der Waals surface area contributed by atoms with Crippen LogP contribution < -0.4 is 15.4 Å². The van der Waals surface area contributed by atoms with Crippen LogP contribution in [0.15, 0.2) is 24.3 Å². The first-order valence-corrected chi connectivity index (χ1v) is 9.87. The van der Waals surface area contributed by atoms with Crippen LogP contribution in [0.2, 0.25) is 0 Å². The molecule has 1 aliphatic carbocycles. The van der Waals surface area contributed by atoms with Crippen LogP contribution in [-0.2, 0) is 9.84 Å². The maximum Gasteiger partial charge on any atom is 0.319 e. The zero-order valence-corrected chi connectivity index (χ0v) is 13.8. The average molecular weight is 338 g/mol. The highest BCUT2D eigenvalue weighted by Crippen LogP contribution is 2.25. The second-order valence-corrected chi connectivity index (χ2v) is 8.48. The third kappa shape index (κ3) is 4.60. The van der Waals surface area contributed by atoms with Crippen molar-refractivity contribution in [2.45, 2.75) is 44.2 Å². The average Bonchev–Trinajstić information content (AvgIpc) is 3.11. The molecule has 2 fully saturated rings. The van der Waals surface area contributed by atoms with E-state index >= 15 is 0 Å². The fraction of sp³-hybridized carbons (Fsp3) is 0.562. The molecular weight excluding hydrogens is 316 g/mol. The number of carbonyl (C=O) groups is 1. The lowest BCUT2D eigenvalue weighted by Gasteiger charge is -2.14. The molecule has 1 atom stereocenters. The Hall–Kier alpha value is -1.76. The van der Waals surface area contributed by atoms with Crippen molar-refractivity contribution >= 4 is 21.6 Å². The van der Waals surface area contributed by atoms with Gasteiger partial charge in [0.05, 0.1) is 17.6 Å². The minimum Gasteiger partial charge on any atom is -0.490 e. The first kappa shape index (κ1) is 16.1. The number of carbonyl (C=O) groups excluding carboxylic acids is 1. The van der Waals surface area contributed by atoms with Gasteiger partial charge in [-0.25, -0.2) is 13.2 Å². The first-order chi connectivity index (χ1) is 11.0. The summed E-state index contributed by atoms with van der Waals surface area (Å²) in [5.41, 5.74) is 0.655. The maximum atomic E-state index is 11.9. The lowest BCUT2D eigenvalue weighted by atomic mass is 10.2. The van der Waals surface area contributed by atoms with Gasteiger partial charge in [-0.1, -0.05) is 0 Å². The summed E-state index contributed by atoms with van der Waals surface area (Å²) in [7, 11) is -2.99. The van der Waals surface area contributed by atoms with Gasteiger partial charge in [0.25, 0.3) is 0 Å². The van der Waals surface area contributed by atoms with E-state index in [0.717, 1.165) is 18.6 Å². The molecule has 1 heterocycles. The Morgan fingerprint density at radius 1 is 1.09 bits per heavy atom. The number of anilines is 1. The molecule has 1 aromatic carbocycles. The van der Waals surface area contributed by atoms with Crippen molar-refractivity contribution in [1.82, 2.24) is 5.32 Å². The van der Waals surface area contributed by atoms with Gasteiger partial charge in [-0.05, 0) is 56.4 Å². The van der Waals surface area contributed by atoms with Gasteiger partial charge in [-0.15, -0.1) is 0 Å². The molecule has 2 aliphatic rings. The van der Waals surface area contributed by atoms with Crippen molar-refractivity contribution in [2.24, 2.45) is 0 Å². The summed E-state index contributed by atoms with van der Waals surface area (Å²) >= 11 is 0. The van der Waals surface area contributed by atoms with Crippen molar-refractivity contribution in [3.05, 3.63) is 24.3 Å². The quantitative estimate of drug-likeness (QED) is 0.882. The van der Waals surface area contributed by atoms with Crippen molar-refractivity contribution in [3.63, 3.8) is 0 Å². The summed E-state index contributed by atoms with van der Waals surface area (Å²) in [4.78, 5) is 11.9. The van der Waals surface area contributed by atoms with Crippen molar-refractivity contribution in [1.29, 1.82) is 0 Å². The van der Waals surface area contributed by atoms with Crippen LogP contribution in [0, 0.1) is 0 Å². The second kappa shape index (κ2) is 6.78. The van der Waals surface area contributed by atoms with E-state index in [1.165, 1.54) is 12.8 Å². The van der Waals surface area contributed by atoms with Crippen molar-refractivity contribution in [2.75, 3.05) is 16.8 Å². The fourth-order valence-electron chi connectivity index (χ4n) is 3.08. The molecule has 6 nitrogen and oxygen atoms in total. The van der Waals surface area contributed by atoms with E-state index in [1.54, 1.807) is 12.1 Å². The largest absolute Gasteiger partial charge is 0.490 e. The molecule has 1 saturated carbocycles. The number of benzene rings is 1. The van der Waals surface area contributed by atoms with Gasteiger partial charge in [0.1, 0.15) is 5.75 Å². The van der Waals surface area contributed by atoms with E-state index in [9.17, 15) is 13.2 Å². The zero-order valence-electron chi connectivity index (χ0n) is 13.0. The van der Waals surface area contributed by atoms with E-state index in [-0.39, 0.29) is 23.6 Å². The topological polar surface area (TPSA) is 84.5 Å². The number of rotatable bonds is 4. The molecule has 2 amide bonds. The molecule has 23 heavy (non-hydrogen) atoms. The molecule has 0 radical (unpaired) electrons. The van der Waals surface area contributed by atoms with Crippen LogP contribution in [0.4, 0.5) is 10.5 Å². The smallest absolute Gasteiger partial charge is 0.319 e. The van der Waals surface area contributed by atoms with Crippen LogP contribution in [0.25, 0.3) is 0 Å². The number of nitrogens with one attached hydrogen (secondary N) is 2. The van der Waals surface area contributed by atoms with E-state index in [4.69, 9.17) is 4.74 Å². The number of ether oxygens (including phenoxy) is 1. The minimum absolute atomic E-state index is 0.0224. The van der Waals surface area contributed by atoms with Crippen LogP contribution in [0.3, 0.4) is 0 Å². The molecule has 1 saturated heterocycles. The molecule has 1 aromatic rings. The lowest BCUT2D eigenvalue weighted by Crippen LogP contribution is -2.38. The highest BCUT2D eigenvalue weighted by molar-refractivity contribution is 7.91. The lowest BCUT2D eigenvalue weighted by molar-refractivity contribution is 0.210. The number of hydrogen-bond acceptors (Lipinski definition) is 4. The van der Waals surface area contributed by atoms with Crippen LogP contribution in [-0.4, -0.2) is 38.1 Å². The van der Waals surface area contributed by atoms with Gasteiger partial charge in [0, 0.05) is 11.7 Å².